The van der Waals surface area contributed by atoms with Crippen molar-refractivity contribution in [1.29, 1.82) is 0 Å². The van der Waals surface area contributed by atoms with Crippen molar-refractivity contribution in [3.05, 3.63) is 59.7 Å². The molecule has 2 N–H and O–H groups in total. The SMILES string of the molecule is CN1CCC(c2ccc(Nc3nc4n(n3)-c3ccccc3CN4)cc2)CC1. The number of anilines is 3. The molecule has 2 aromatic carbocycles. The van der Waals surface area contributed by atoms with E-state index in [2.05, 4.69) is 69.1 Å². The number of para-hydroxylation sites is 1. The lowest BCUT2D eigenvalue weighted by Gasteiger charge is -2.29. The summed E-state index contributed by atoms with van der Waals surface area (Å²) >= 11 is 0. The fraction of sp³-hybridized carbons (Fsp3) is 0.333. The summed E-state index contributed by atoms with van der Waals surface area (Å²) in [5, 5.41) is 11.3. The maximum absolute atomic E-state index is 4.63. The van der Waals surface area contributed by atoms with Crippen LogP contribution in [0.1, 0.15) is 29.9 Å². The minimum atomic E-state index is 0.612. The smallest absolute Gasteiger partial charge is 0.248 e. The van der Waals surface area contributed by atoms with Gasteiger partial charge in [-0.1, -0.05) is 30.3 Å². The Hall–Kier alpha value is -2.86. The fourth-order valence-electron chi connectivity index (χ4n) is 4.00. The summed E-state index contributed by atoms with van der Waals surface area (Å²) in [7, 11) is 2.20. The lowest BCUT2D eigenvalue weighted by Crippen LogP contribution is -2.29. The molecule has 2 aliphatic rings. The number of hydrogen-bond acceptors (Lipinski definition) is 5. The third kappa shape index (κ3) is 3.17. The van der Waals surface area contributed by atoms with E-state index in [0.29, 0.717) is 11.9 Å². The Morgan fingerprint density at radius 3 is 2.63 bits per heavy atom. The van der Waals surface area contributed by atoms with Gasteiger partial charge < -0.3 is 15.5 Å². The quantitative estimate of drug-likeness (QED) is 0.745. The van der Waals surface area contributed by atoms with Crippen LogP contribution in [-0.2, 0) is 6.54 Å². The summed E-state index contributed by atoms with van der Waals surface area (Å²) < 4.78 is 1.87. The number of nitrogens with one attached hydrogen (secondary N) is 2. The van der Waals surface area contributed by atoms with Crippen LogP contribution >= 0.6 is 0 Å². The summed E-state index contributed by atoms with van der Waals surface area (Å²) in [6.07, 6.45) is 2.48. The highest BCUT2D eigenvalue weighted by atomic mass is 15.4. The van der Waals surface area contributed by atoms with Crippen LogP contribution in [0.5, 0.6) is 0 Å². The van der Waals surface area contributed by atoms with Crippen molar-refractivity contribution in [3.8, 4) is 5.69 Å². The first-order valence-electron chi connectivity index (χ1n) is 9.61. The number of hydrogen-bond donors (Lipinski definition) is 2. The fourth-order valence-corrected chi connectivity index (χ4v) is 4.00. The van der Waals surface area contributed by atoms with Gasteiger partial charge in [0.05, 0.1) is 5.69 Å². The van der Waals surface area contributed by atoms with Gasteiger partial charge in [0.25, 0.3) is 0 Å². The molecule has 0 atom stereocenters. The minimum Gasteiger partial charge on any atom is -0.350 e. The van der Waals surface area contributed by atoms with Gasteiger partial charge in [0.1, 0.15) is 0 Å². The van der Waals surface area contributed by atoms with E-state index in [1.807, 2.05) is 16.8 Å². The minimum absolute atomic E-state index is 0.612. The van der Waals surface area contributed by atoms with Crippen molar-refractivity contribution in [3.63, 3.8) is 0 Å². The predicted octanol–water partition coefficient (Wildman–Crippen LogP) is 3.75. The molecule has 0 spiro atoms. The largest absolute Gasteiger partial charge is 0.350 e. The van der Waals surface area contributed by atoms with Gasteiger partial charge in [-0.15, -0.1) is 5.10 Å². The molecule has 0 radical (unpaired) electrons. The monoisotopic (exact) mass is 360 g/mol. The molecule has 2 aliphatic heterocycles. The van der Waals surface area contributed by atoms with Gasteiger partial charge in [0.2, 0.25) is 11.9 Å². The molecule has 1 saturated heterocycles. The Labute approximate surface area is 159 Å². The Kier molecular flexibility index (Phi) is 4.05. The van der Waals surface area contributed by atoms with Gasteiger partial charge in [-0.05, 0) is 68.2 Å². The molecular formula is C21H24N6. The second-order valence-electron chi connectivity index (χ2n) is 7.48. The van der Waals surface area contributed by atoms with Crippen LogP contribution in [0.15, 0.2) is 48.5 Å². The standard InChI is InChI=1S/C21H24N6/c1-26-12-10-16(11-13-26)15-6-8-18(9-7-15)23-20-24-21-22-14-17-4-2-3-5-19(17)27(21)25-20/h2-9,16H,10-14H2,1H3,(H2,22,23,24,25). The van der Waals surface area contributed by atoms with Gasteiger partial charge in [-0.2, -0.15) is 9.67 Å². The molecule has 0 amide bonds. The molecule has 0 saturated carbocycles. The van der Waals surface area contributed by atoms with Gasteiger partial charge in [-0.3, -0.25) is 0 Å². The molecule has 0 bridgehead atoms. The lowest BCUT2D eigenvalue weighted by atomic mass is 9.89. The van der Waals surface area contributed by atoms with Gasteiger partial charge in [0, 0.05) is 12.2 Å². The molecule has 3 aromatic rings. The second-order valence-corrected chi connectivity index (χ2v) is 7.48. The topological polar surface area (TPSA) is 58.0 Å². The molecule has 3 heterocycles. The third-order valence-electron chi connectivity index (χ3n) is 5.62. The maximum Gasteiger partial charge on any atom is 0.248 e. The number of likely N-dealkylation sites (tertiary alicyclic amines) is 1. The predicted molar refractivity (Wildman–Crippen MR) is 108 cm³/mol. The van der Waals surface area contributed by atoms with E-state index in [0.717, 1.165) is 23.9 Å². The van der Waals surface area contributed by atoms with Crippen molar-refractivity contribution < 1.29 is 0 Å². The Bertz CT molecular complexity index is 938. The first kappa shape index (κ1) is 16.3. The highest BCUT2D eigenvalue weighted by Gasteiger charge is 2.20. The lowest BCUT2D eigenvalue weighted by molar-refractivity contribution is 0.255. The summed E-state index contributed by atoms with van der Waals surface area (Å²) in [6.45, 7) is 3.14. The molecule has 0 aliphatic carbocycles. The average molecular weight is 360 g/mol. The van der Waals surface area contributed by atoms with Crippen LogP contribution < -0.4 is 10.6 Å². The van der Waals surface area contributed by atoms with Gasteiger partial charge in [-0.25, -0.2) is 0 Å². The van der Waals surface area contributed by atoms with Crippen molar-refractivity contribution in [2.75, 3.05) is 30.8 Å². The normalized spacial score (nSPS) is 17.1. The highest BCUT2D eigenvalue weighted by Crippen LogP contribution is 2.29. The maximum atomic E-state index is 4.63. The number of fused-ring (bicyclic) bond motifs is 3. The number of benzene rings is 2. The molecule has 5 rings (SSSR count). The summed E-state index contributed by atoms with van der Waals surface area (Å²) in [5.74, 6) is 2.06. The van der Waals surface area contributed by atoms with Gasteiger partial charge in [0.15, 0.2) is 0 Å². The summed E-state index contributed by atoms with van der Waals surface area (Å²) in [4.78, 5) is 7.00. The first-order chi connectivity index (χ1) is 13.3. The molecule has 1 fully saturated rings. The van der Waals surface area contributed by atoms with Crippen LogP contribution in [0.25, 0.3) is 5.69 Å². The molecule has 1 aromatic heterocycles. The van der Waals surface area contributed by atoms with Crippen LogP contribution in [0.2, 0.25) is 0 Å². The molecule has 6 heteroatoms. The highest BCUT2D eigenvalue weighted by molar-refractivity contribution is 5.58. The zero-order valence-electron chi connectivity index (χ0n) is 15.5. The van der Waals surface area contributed by atoms with Crippen molar-refractivity contribution in [1.82, 2.24) is 19.7 Å². The molecule has 0 unspecified atom stereocenters. The molecule has 27 heavy (non-hydrogen) atoms. The van der Waals surface area contributed by atoms with Crippen molar-refractivity contribution >= 4 is 17.6 Å². The molecule has 138 valence electrons. The second kappa shape index (κ2) is 6.70. The van der Waals surface area contributed by atoms with Crippen LogP contribution in [0.3, 0.4) is 0 Å². The average Bonchev–Trinajstić information content (AvgIpc) is 3.12. The number of nitrogens with zero attached hydrogens (tertiary/aromatic N) is 4. The summed E-state index contributed by atoms with van der Waals surface area (Å²) in [6, 6.07) is 17.0. The number of aromatic nitrogens is 3. The Morgan fingerprint density at radius 1 is 1.04 bits per heavy atom. The van der Waals surface area contributed by atoms with E-state index in [1.54, 1.807) is 0 Å². The molecule has 6 nitrogen and oxygen atoms in total. The Morgan fingerprint density at radius 2 is 1.81 bits per heavy atom. The van der Waals surface area contributed by atoms with Crippen molar-refractivity contribution in [2.45, 2.75) is 25.3 Å². The number of piperidine rings is 1. The van der Waals surface area contributed by atoms with E-state index < -0.39 is 0 Å². The van der Waals surface area contributed by atoms with Crippen LogP contribution in [0, 0.1) is 0 Å². The zero-order chi connectivity index (χ0) is 18.2. The zero-order valence-corrected chi connectivity index (χ0v) is 15.5. The summed E-state index contributed by atoms with van der Waals surface area (Å²) in [5.41, 5.74) is 4.76. The van der Waals surface area contributed by atoms with Gasteiger partial charge >= 0.3 is 0 Å². The first-order valence-corrected chi connectivity index (χ1v) is 9.61. The third-order valence-corrected chi connectivity index (χ3v) is 5.62. The van der Waals surface area contributed by atoms with Crippen molar-refractivity contribution in [2.24, 2.45) is 0 Å². The van der Waals surface area contributed by atoms with E-state index in [4.69, 9.17) is 0 Å². The van der Waals surface area contributed by atoms with Crippen LogP contribution in [-0.4, -0.2) is 39.8 Å². The van der Waals surface area contributed by atoms with E-state index in [1.165, 1.54) is 37.1 Å². The van der Waals surface area contributed by atoms with Crippen LogP contribution in [0.4, 0.5) is 17.6 Å². The Balaban J connectivity index is 1.33. The van der Waals surface area contributed by atoms with E-state index >= 15 is 0 Å². The molecular weight excluding hydrogens is 336 g/mol. The van der Waals surface area contributed by atoms with E-state index in [9.17, 15) is 0 Å². The van der Waals surface area contributed by atoms with E-state index in [-0.39, 0.29) is 0 Å². The number of rotatable bonds is 3.